The first-order valence-electron chi connectivity index (χ1n) is 12.5. The van der Waals surface area contributed by atoms with Gasteiger partial charge in [0.25, 0.3) is 5.91 Å². The Bertz CT molecular complexity index is 1630. The molecule has 1 N–H and O–H groups in total. The predicted molar refractivity (Wildman–Crippen MR) is 145 cm³/mol. The van der Waals surface area contributed by atoms with Crippen LogP contribution in [0.5, 0.6) is 0 Å². The molecule has 1 aromatic carbocycles. The van der Waals surface area contributed by atoms with Crippen molar-refractivity contribution in [1.29, 1.82) is 0 Å². The summed E-state index contributed by atoms with van der Waals surface area (Å²) in [6, 6.07) is 8.67. The van der Waals surface area contributed by atoms with Crippen LogP contribution in [0.1, 0.15) is 38.4 Å². The van der Waals surface area contributed by atoms with Gasteiger partial charge >= 0.3 is 6.18 Å². The van der Waals surface area contributed by atoms with Gasteiger partial charge in [0.05, 0.1) is 29.3 Å². The molecule has 1 saturated heterocycles. The number of nitrogens with one attached hydrogen (secondary N) is 1. The third-order valence-electron chi connectivity index (χ3n) is 6.67. The molecule has 0 bridgehead atoms. The number of piperazine rings is 1. The van der Waals surface area contributed by atoms with Crippen molar-refractivity contribution in [2.24, 2.45) is 0 Å². The van der Waals surface area contributed by atoms with E-state index in [2.05, 4.69) is 37.1 Å². The van der Waals surface area contributed by atoms with Crippen LogP contribution < -0.4 is 5.32 Å². The number of carbonyl (C=O) groups excluding carboxylic acids is 1. The predicted octanol–water partition coefficient (Wildman–Crippen LogP) is 4.50. The van der Waals surface area contributed by atoms with Crippen molar-refractivity contribution in [2.45, 2.75) is 19.6 Å². The normalized spacial score (nSPS) is 14.7. The summed E-state index contributed by atoms with van der Waals surface area (Å²) in [6.07, 6.45) is -1.60. The first-order valence-corrected chi connectivity index (χ1v) is 12.9. The average molecular weight is 568 g/mol. The number of rotatable bonds is 4. The lowest BCUT2D eigenvalue weighted by Gasteiger charge is -2.33. The third kappa shape index (κ3) is 6.25. The number of anilines is 1. The van der Waals surface area contributed by atoms with Gasteiger partial charge in [0.1, 0.15) is 10.8 Å². The van der Waals surface area contributed by atoms with E-state index in [1.807, 2.05) is 11.9 Å². The molecular formula is C28H25ClF3N7O. The number of pyridine rings is 1. The van der Waals surface area contributed by atoms with E-state index < -0.39 is 17.6 Å². The lowest BCUT2D eigenvalue weighted by molar-refractivity contribution is -0.138. The van der Waals surface area contributed by atoms with E-state index in [9.17, 15) is 18.0 Å². The lowest BCUT2D eigenvalue weighted by atomic mass is 10.0. The van der Waals surface area contributed by atoms with Crippen LogP contribution in [0.15, 0.2) is 48.8 Å². The number of nitrogens with zero attached hydrogens (tertiary/aromatic N) is 6. The van der Waals surface area contributed by atoms with Crippen molar-refractivity contribution in [3.05, 3.63) is 87.6 Å². The molecule has 4 aromatic rings. The Hall–Kier alpha value is -3.98. The number of carbonyl (C=O) groups is 1. The van der Waals surface area contributed by atoms with Gasteiger partial charge in [0.15, 0.2) is 5.65 Å². The van der Waals surface area contributed by atoms with Crippen LogP contribution in [-0.2, 0) is 12.7 Å². The number of aryl methyl sites for hydroxylation is 1. The number of fused-ring (bicyclic) bond motifs is 1. The van der Waals surface area contributed by atoms with Crippen molar-refractivity contribution in [3.8, 4) is 11.8 Å². The SMILES string of the molecule is Cc1ncc(NC(=O)c2ccc(CN3CCN(C)CC3)c(C(F)(F)F)c2)cc1C#Cc1cnc2ccc(Cl)nn12. The molecule has 40 heavy (non-hydrogen) atoms. The van der Waals surface area contributed by atoms with Crippen molar-refractivity contribution in [3.63, 3.8) is 0 Å². The average Bonchev–Trinajstić information content (AvgIpc) is 3.31. The topological polar surface area (TPSA) is 78.7 Å². The summed E-state index contributed by atoms with van der Waals surface area (Å²) in [6.45, 7) is 4.88. The minimum atomic E-state index is -4.59. The molecule has 1 amide bonds. The molecule has 0 unspecified atom stereocenters. The summed E-state index contributed by atoms with van der Waals surface area (Å²) in [5.41, 5.74) is 1.75. The highest BCUT2D eigenvalue weighted by atomic mass is 35.5. The zero-order valence-corrected chi connectivity index (χ0v) is 22.5. The minimum absolute atomic E-state index is 0.101. The van der Waals surface area contributed by atoms with E-state index in [1.165, 1.54) is 22.8 Å². The molecular weight excluding hydrogens is 543 g/mol. The first-order chi connectivity index (χ1) is 19.1. The number of alkyl halides is 3. The number of hydrogen-bond acceptors (Lipinski definition) is 6. The van der Waals surface area contributed by atoms with E-state index in [4.69, 9.17) is 11.6 Å². The van der Waals surface area contributed by atoms with Crippen molar-refractivity contribution in [2.75, 3.05) is 38.5 Å². The van der Waals surface area contributed by atoms with Gasteiger partial charge in [-0.2, -0.15) is 18.3 Å². The van der Waals surface area contributed by atoms with E-state index >= 15 is 0 Å². The van der Waals surface area contributed by atoms with Crippen molar-refractivity contribution < 1.29 is 18.0 Å². The van der Waals surface area contributed by atoms with Gasteiger partial charge in [0, 0.05) is 43.9 Å². The summed E-state index contributed by atoms with van der Waals surface area (Å²) in [5, 5.41) is 7.12. The molecule has 8 nitrogen and oxygen atoms in total. The monoisotopic (exact) mass is 567 g/mol. The Morgan fingerprint density at radius 2 is 1.82 bits per heavy atom. The molecule has 1 aliphatic heterocycles. The van der Waals surface area contributed by atoms with Crippen molar-refractivity contribution >= 4 is 28.8 Å². The van der Waals surface area contributed by atoms with Crippen LogP contribution in [0.4, 0.5) is 18.9 Å². The second kappa shape index (κ2) is 11.3. The van der Waals surface area contributed by atoms with Gasteiger partial charge in [-0.1, -0.05) is 23.6 Å². The van der Waals surface area contributed by atoms with Gasteiger partial charge in [-0.15, -0.1) is 0 Å². The third-order valence-corrected chi connectivity index (χ3v) is 6.87. The molecule has 12 heteroatoms. The molecule has 0 radical (unpaired) electrons. The number of imidazole rings is 1. The second-order valence-electron chi connectivity index (χ2n) is 9.58. The van der Waals surface area contributed by atoms with E-state index in [-0.39, 0.29) is 22.8 Å². The Kier molecular flexibility index (Phi) is 7.76. The molecule has 0 atom stereocenters. The molecule has 3 aromatic heterocycles. The van der Waals surface area contributed by atoms with Crippen LogP contribution in [0.2, 0.25) is 5.15 Å². The van der Waals surface area contributed by atoms with E-state index in [0.29, 0.717) is 41.4 Å². The largest absolute Gasteiger partial charge is 0.416 e. The number of aromatic nitrogens is 4. The number of likely N-dealkylation sites (N-methyl/N-ethyl adjacent to an activating group) is 1. The maximum absolute atomic E-state index is 14.0. The molecule has 5 rings (SSSR count). The fourth-order valence-corrected chi connectivity index (χ4v) is 4.50. The van der Waals surface area contributed by atoms with Crippen LogP contribution >= 0.6 is 11.6 Å². The highest BCUT2D eigenvalue weighted by Gasteiger charge is 2.34. The van der Waals surface area contributed by atoms with Crippen LogP contribution in [0.3, 0.4) is 0 Å². The number of hydrogen-bond donors (Lipinski definition) is 1. The smallest absolute Gasteiger partial charge is 0.321 e. The van der Waals surface area contributed by atoms with Crippen molar-refractivity contribution in [1.82, 2.24) is 29.4 Å². The van der Waals surface area contributed by atoms with Crippen LogP contribution in [0.25, 0.3) is 5.65 Å². The molecule has 0 aliphatic carbocycles. The van der Waals surface area contributed by atoms with Gasteiger partial charge in [-0.3, -0.25) is 14.7 Å². The molecule has 0 spiro atoms. The first kappa shape index (κ1) is 27.6. The number of halogens is 4. The fourth-order valence-electron chi connectivity index (χ4n) is 4.37. The van der Waals surface area contributed by atoms with Crippen LogP contribution in [-0.4, -0.2) is 68.5 Å². The molecule has 206 valence electrons. The molecule has 1 fully saturated rings. The summed E-state index contributed by atoms with van der Waals surface area (Å²) in [7, 11) is 1.99. The summed E-state index contributed by atoms with van der Waals surface area (Å²) in [4.78, 5) is 25.6. The highest BCUT2D eigenvalue weighted by Crippen LogP contribution is 2.33. The molecule has 4 heterocycles. The van der Waals surface area contributed by atoms with Gasteiger partial charge in [-0.05, 0) is 55.8 Å². The Labute approximate surface area is 233 Å². The van der Waals surface area contributed by atoms with E-state index in [0.717, 1.165) is 19.2 Å². The van der Waals surface area contributed by atoms with Gasteiger partial charge < -0.3 is 10.2 Å². The lowest BCUT2D eigenvalue weighted by Crippen LogP contribution is -2.44. The van der Waals surface area contributed by atoms with E-state index in [1.54, 1.807) is 31.3 Å². The minimum Gasteiger partial charge on any atom is -0.321 e. The standard InChI is InChI=1S/C28H25ClF3N7O/c1-18-19(5-6-23-16-34-26-8-7-25(29)36-39(23)26)13-22(15-33-18)35-27(40)20-3-4-21(24(14-20)28(30,31)32)17-38-11-9-37(2)10-12-38/h3-4,7-8,13-16H,9-12,17H2,1-2H3,(H,35,40). The number of amides is 1. The summed E-state index contributed by atoms with van der Waals surface area (Å²) in [5.74, 6) is 5.29. The quantitative estimate of drug-likeness (QED) is 0.366. The number of benzene rings is 1. The highest BCUT2D eigenvalue weighted by molar-refractivity contribution is 6.29. The Morgan fingerprint density at radius 1 is 1.05 bits per heavy atom. The van der Waals surface area contributed by atoms with Gasteiger partial charge in [0.2, 0.25) is 0 Å². The Balaban J connectivity index is 1.35. The zero-order valence-electron chi connectivity index (χ0n) is 21.8. The summed E-state index contributed by atoms with van der Waals surface area (Å²) < 4.78 is 43.4. The summed E-state index contributed by atoms with van der Waals surface area (Å²) >= 11 is 5.98. The molecule has 1 aliphatic rings. The second-order valence-corrected chi connectivity index (χ2v) is 9.97. The Morgan fingerprint density at radius 3 is 2.58 bits per heavy atom. The van der Waals surface area contributed by atoms with Gasteiger partial charge in [-0.25, -0.2) is 9.50 Å². The maximum Gasteiger partial charge on any atom is 0.416 e. The molecule has 0 saturated carbocycles. The maximum atomic E-state index is 14.0. The van der Waals surface area contributed by atoms with Crippen LogP contribution in [0, 0.1) is 18.8 Å². The zero-order chi connectivity index (χ0) is 28.4. The fraction of sp³-hybridized carbons (Fsp3) is 0.286.